The first-order valence-electron chi connectivity index (χ1n) is 10.4. The van der Waals surface area contributed by atoms with Gasteiger partial charge in [-0.1, -0.05) is 6.07 Å². The number of fused-ring (bicyclic) bond motifs is 1. The fraction of sp³-hybridized carbons (Fsp3) is 0.619. The molecule has 1 saturated carbocycles. The minimum Gasteiger partial charge on any atom is -0.480 e. The van der Waals surface area contributed by atoms with Crippen LogP contribution < -0.4 is 10.2 Å². The molecule has 2 fully saturated rings. The van der Waals surface area contributed by atoms with E-state index < -0.39 is 5.97 Å². The van der Waals surface area contributed by atoms with Crippen LogP contribution in [0.1, 0.15) is 36.8 Å². The molecule has 2 heterocycles. The highest BCUT2D eigenvalue weighted by Gasteiger charge is 2.36. The maximum Gasteiger partial charge on any atom is 0.329 e. The largest absolute Gasteiger partial charge is 0.480 e. The van der Waals surface area contributed by atoms with Gasteiger partial charge in [-0.25, -0.2) is 9.59 Å². The topological polar surface area (TPSA) is 82.1 Å². The van der Waals surface area contributed by atoms with E-state index in [9.17, 15) is 9.59 Å². The number of aliphatic carboxylic acids is 1. The van der Waals surface area contributed by atoms with E-state index >= 15 is 0 Å². The number of hydrogen-bond acceptors (Lipinski definition) is 4. The number of ether oxygens (including phenoxy) is 1. The highest BCUT2D eigenvalue weighted by Crippen LogP contribution is 2.30. The number of rotatable bonds is 5. The average molecular weight is 424 g/mol. The molecule has 1 saturated heterocycles. The standard InChI is InChI=1S/C21H29N3O4.ClH/c25-20(26)14-28-19-5-3-17(4-6-19)23-11-12-24(21(23)27)18-2-1-15-7-9-22-10-8-16(15)13-18;/h1-2,13,17,19,22H,3-12,14H2,(H,25,26);1H/t17-,19-;. The summed E-state index contributed by atoms with van der Waals surface area (Å²) < 4.78 is 5.42. The Morgan fingerprint density at radius 2 is 1.83 bits per heavy atom. The van der Waals surface area contributed by atoms with E-state index in [4.69, 9.17) is 9.84 Å². The zero-order chi connectivity index (χ0) is 19.5. The van der Waals surface area contributed by atoms with Crippen LogP contribution >= 0.6 is 12.4 Å². The molecule has 0 aromatic heterocycles. The second kappa shape index (κ2) is 9.78. The van der Waals surface area contributed by atoms with E-state index in [1.807, 2.05) is 9.80 Å². The number of nitrogens with one attached hydrogen (secondary N) is 1. The number of anilines is 1. The molecule has 2 N–H and O–H groups in total. The third-order valence-corrected chi connectivity index (χ3v) is 6.21. The van der Waals surface area contributed by atoms with Gasteiger partial charge in [-0.2, -0.15) is 0 Å². The number of amides is 2. The van der Waals surface area contributed by atoms with Crippen LogP contribution in [0.15, 0.2) is 18.2 Å². The second-order valence-corrected chi connectivity index (χ2v) is 7.97. The van der Waals surface area contributed by atoms with Crippen molar-refractivity contribution in [3.05, 3.63) is 29.3 Å². The quantitative estimate of drug-likeness (QED) is 0.760. The van der Waals surface area contributed by atoms with Gasteiger partial charge in [-0.05, 0) is 74.9 Å². The first-order valence-corrected chi connectivity index (χ1v) is 10.4. The fourth-order valence-corrected chi connectivity index (χ4v) is 4.67. The molecule has 0 radical (unpaired) electrons. The van der Waals surface area contributed by atoms with Crippen LogP contribution in [0, 0.1) is 0 Å². The number of carbonyl (C=O) groups excluding carboxylic acids is 1. The van der Waals surface area contributed by atoms with Gasteiger partial charge in [0.2, 0.25) is 0 Å². The van der Waals surface area contributed by atoms with Gasteiger partial charge in [0.15, 0.2) is 0 Å². The molecular weight excluding hydrogens is 394 g/mol. The Hall–Kier alpha value is -1.83. The number of nitrogens with zero attached hydrogens (tertiary/aromatic N) is 2. The van der Waals surface area contributed by atoms with E-state index in [1.165, 1.54) is 11.1 Å². The number of carboxylic acids is 1. The molecule has 3 aliphatic rings. The lowest BCUT2D eigenvalue weighted by Gasteiger charge is -2.34. The third kappa shape index (κ3) is 5.02. The van der Waals surface area contributed by atoms with Crippen molar-refractivity contribution in [3.63, 3.8) is 0 Å². The smallest absolute Gasteiger partial charge is 0.329 e. The zero-order valence-electron chi connectivity index (χ0n) is 16.6. The van der Waals surface area contributed by atoms with E-state index in [2.05, 4.69) is 23.5 Å². The van der Waals surface area contributed by atoms with E-state index in [0.717, 1.165) is 70.4 Å². The van der Waals surface area contributed by atoms with Gasteiger partial charge in [0.05, 0.1) is 6.10 Å². The van der Waals surface area contributed by atoms with Crippen molar-refractivity contribution in [2.24, 2.45) is 0 Å². The van der Waals surface area contributed by atoms with Crippen LogP contribution in [0.2, 0.25) is 0 Å². The molecule has 160 valence electrons. The Labute approximate surface area is 177 Å². The van der Waals surface area contributed by atoms with Crippen LogP contribution in [0.5, 0.6) is 0 Å². The summed E-state index contributed by atoms with van der Waals surface area (Å²) in [5.41, 5.74) is 3.74. The maximum atomic E-state index is 13.1. The highest BCUT2D eigenvalue weighted by atomic mass is 35.5. The van der Waals surface area contributed by atoms with Gasteiger partial charge in [-0.3, -0.25) is 4.90 Å². The highest BCUT2D eigenvalue weighted by molar-refractivity contribution is 5.94. The van der Waals surface area contributed by atoms with Crippen LogP contribution in [0.25, 0.3) is 0 Å². The molecule has 1 aromatic carbocycles. The molecular formula is C21H30ClN3O4. The fourth-order valence-electron chi connectivity index (χ4n) is 4.67. The monoisotopic (exact) mass is 423 g/mol. The van der Waals surface area contributed by atoms with Gasteiger partial charge >= 0.3 is 12.0 Å². The molecule has 1 aliphatic carbocycles. The predicted octanol–water partition coefficient (Wildman–Crippen LogP) is 2.45. The number of halogens is 1. The van der Waals surface area contributed by atoms with Crippen molar-refractivity contribution in [2.45, 2.75) is 50.7 Å². The Balaban J connectivity index is 0.00000240. The Morgan fingerprint density at radius 1 is 1.10 bits per heavy atom. The van der Waals surface area contributed by atoms with Crippen LogP contribution in [-0.2, 0) is 22.4 Å². The number of carbonyl (C=O) groups is 2. The first-order chi connectivity index (χ1) is 13.6. The molecule has 0 bridgehead atoms. The van der Waals surface area contributed by atoms with Crippen molar-refractivity contribution >= 4 is 30.1 Å². The third-order valence-electron chi connectivity index (χ3n) is 6.21. The summed E-state index contributed by atoms with van der Waals surface area (Å²) in [7, 11) is 0. The van der Waals surface area contributed by atoms with Crippen molar-refractivity contribution < 1.29 is 19.4 Å². The molecule has 7 nitrogen and oxygen atoms in total. The normalized spacial score (nSPS) is 24.6. The first kappa shape index (κ1) is 21.9. The number of benzene rings is 1. The van der Waals surface area contributed by atoms with Gasteiger partial charge in [0.25, 0.3) is 0 Å². The van der Waals surface area contributed by atoms with Gasteiger partial charge < -0.3 is 20.1 Å². The molecule has 8 heteroatoms. The predicted molar refractivity (Wildman–Crippen MR) is 113 cm³/mol. The summed E-state index contributed by atoms with van der Waals surface area (Å²) in [5, 5.41) is 12.2. The summed E-state index contributed by atoms with van der Waals surface area (Å²) in [5.74, 6) is -0.927. The second-order valence-electron chi connectivity index (χ2n) is 7.97. The van der Waals surface area contributed by atoms with Gasteiger partial charge in [0.1, 0.15) is 6.61 Å². The lowest BCUT2D eigenvalue weighted by Crippen LogP contribution is -2.42. The number of urea groups is 1. The minimum atomic E-state index is -0.927. The van der Waals surface area contributed by atoms with Gasteiger partial charge in [-0.15, -0.1) is 12.4 Å². The summed E-state index contributed by atoms with van der Waals surface area (Å²) in [6.07, 6.45) is 5.43. The molecule has 4 rings (SSSR count). The van der Waals surface area contributed by atoms with Crippen LogP contribution in [0.4, 0.5) is 10.5 Å². The van der Waals surface area contributed by atoms with Crippen LogP contribution in [0.3, 0.4) is 0 Å². The zero-order valence-corrected chi connectivity index (χ0v) is 17.5. The molecule has 1 aromatic rings. The lowest BCUT2D eigenvalue weighted by atomic mass is 9.92. The molecule has 29 heavy (non-hydrogen) atoms. The average Bonchev–Trinajstić information content (AvgIpc) is 2.93. The van der Waals surface area contributed by atoms with Crippen molar-refractivity contribution in [3.8, 4) is 0 Å². The molecule has 2 aliphatic heterocycles. The van der Waals surface area contributed by atoms with E-state index in [1.54, 1.807) is 0 Å². The molecule has 0 unspecified atom stereocenters. The van der Waals surface area contributed by atoms with Crippen molar-refractivity contribution in [1.29, 1.82) is 0 Å². The number of carboxylic acid groups (broad SMARTS) is 1. The summed E-state index contributed by atoms with van der Waals surface area (Å²) in [4.78, 5) is 27.6. The molecule has 2 amide bonds. The Morgan fingerprint density at radius 3 is 2.55 bits per heavy atom. The summed E-state index contributed by atoms with van der Waals surface area (Å²) >= 11 is 0. The van der Waals surface area contributed by atoms with Crippen molar-refractivity contribution in [2.75, 3.05) is 37.7 Å². The molecule has 0 atom stereocenters. The summed E-state index contributed by atoms with van der Waals surface area (Å²) in [6.45, 7) is 3.25. The minimum absolute atomic E-state index is 0. The summed E-state index contributed by atoms with van der Waals surface area (Å²) in [6, 6.07) is 6.79. The van der Waals surface area contributed by atoms with Gasteiger partial charge in [0, 0.05) is 24.8 Å². The SMILES string of the molecule is Cl.O=C(O)CO[C@H]1CC[C@H](N2CCN(c3ccc4c(c3)CCNCC4)C2=O)CC1. The molecule has 0 spiro atoms. The lowest BCUT2D eigenvalue weighted by molar-refractivity contribution is -0.145. The van der Waals surface area contributed by atoms with Crippen molar-refractivity contribution in [1.82, 2.24) is 10.2 Å². The Kier molecular flexibility index (Phi) is 7.38. The van der Waals surface area contributed by atoms with E-state index in [0.29, 0.717) is 0 Å². The number of hydrogen-bond donors (Lipinski definition) is 2. The maximum absolute atomic E-state index is 13.1. The van der Waals surface area contributed by atoms with Crippen LogP contribution in [-0.4, -0.2) is 66.9 Å². The Bertz CT molecular complexity index is 737. The van der Waals surface area contributed by atoms with E-state index in [-0.39, 0.29) is 37.2 Å².